The molecule has 0 saturated heterocycles. The van der Waals surface area contributed by atoms with Gasteiger partial charge in [-0.05, 0) is 31.1 Å². The molecule has 0 aromatic rings. The van der Waals surface area contributed by atoms with Gasteiger partial charge in [-0.1, -0.05) is 202 Å². The summed E-state index contributed by atoms with van der Waals surface area (Å²) in [5.41, 5.74) is 0. The smallest absolute Gasteiger partial charge is 0.306 e. The Balaban J connectivity index is 4.30. The highest BCUT2D eigenvalue weighted by Gasteiger charge is 2.19. The van der Waals surface area contributed by atoms with E-state index >= 15 is 0 Å². The lowest BCUT2D eigenvalue weighted by Crippen LogP contribution is -2.30. The molecule has 0 aliphatic carbocycles. The Morgan fingerprint density at radius 3 is 1.02 bits per heavy atom. The summed E-state index contributed by atoms with van der Waals surface area (Å²) in [6.07, 6.45) is 35.1. The first-order chi connectivity index (χ1) is 24.8. The fourth-order valence-electron chi connectivity index (χ4n) is 6.51. The second kappa shape index (κ2) is 38.1. The van der Waals surface area contributed by atoms with Gasteiger partial charge < -0.3 is 14.2 Å². The Morgan fingerprint density at radius 1 is 0.392 bits per heavy atom. The van der Waals surface area contributed by atoms with E-state index in [4.69, 9.17) is 14.2 Å². The molecule has 3 atom stereocenters. The Labute approximate surface area is 317 Å². The van der Waals surface area contributed by atoms with Crippen LogP contribution in [0.1, 0.15) is 240 Å². The van der Waals surface area contributed by atoms with E-state index in [0.29, 0.717) is 19.3 Å². The van der Waals surface area contributed by atoms with Crippen molar-refractivity contribution in [1.82, 2.24) is 0 Å². The second-order valence-electron chi connectivity index (χ2n) is 15.8. The molecule has 0 spiro atoms. The molecule has 0 radical (unpaired) electrons. The lowest BCUT2D eigenvalue weighted by atomic mass is 9.99. The van der Waals surface area contributed by atoms with E-state index in [1.54, 1.807) is 0 Å². The molecule has 0 N–H and O–H groups in total. The van der Waals surface area contributed by atoms with Crippen molar-refractivity contribution in [2.24, 2.45) is 11.8 Å². The first-order valence-corrected chi connectivity index (χ1v) is 22.3. The number of ether oxygens (including phenoxy) is 3. The van der Waals surface area contributed by atoms with Crippen molar-refractivity contribution < 1.29 is 28.6 Å². The highest BCUT2D eigenvalue weighted by Crippen LogP contribution is 2.17. The molecule has 0 saturated carbocycles. The molecule has 6 nitrogen and oxygen atoms in total. The standard InChI is InChI=1S/C45H86O6/c1-6-9-10-11-18-25-30-35-43(46)49-38-42(51-45(48)37-32-27-22-17-16-20-24-29-34-41(5)8-3)39-50-44(47)36-31-26-21-15-13-12-14-19-23-28-33-40(4)7-2/h40-42H,6-39H2,1-5H3/t40?,41?,42-/m0/s1. The van der Waals surface area contributed by atoms with Crippen molar-refractivity contribution >= 4 is 17.9 Å². The third-order valence-electron chi connectivity index (χ3n) is 10.7. The molecule has 0 rings (SSSR count). The average molecular weight is 723 g/mol. The zero-order valence-electron chi connectivity index (χ0n) is 34.7. The van der Waals surface area contributed by atoms with Crippen molar-refractivity contribution in [3.05, 3.63) is 0 Å². The Kier molecular flexibility index (Phi) is 37.0. The van der Waals surface area contributed by atoms with Gasteiger partial charge in [0.15, 0.2) is 6.10 Å². The number of rotatable bonds is 39. The molecule has 0 bridgehead atoms. The van der Waals surface area contributed by atoms with E-state index in [9.17, 15) is 14.4 Å². The van der Waals surface area contributed by atoms with E-state index in [-0.39, 0.29) is 31.1 Å². The molecule has 302 valence electrons. The number of unbranched alkanes of at least 4 members (excludes halogenated alkanes) is 22. The Hall–Kier alpha value is -1.59. The number of hydrogen-bond donors (Lipinski definition) is 0. The SMILES string of the molecule is CCCCCCCCCC(=O)OC[C@@H](COC(=O)CCCCCCCCCCCCC(C)CC)OC(=O)CCCCCCCCCCC(C)CC. The molecule has 0 heterocycles. The quantitative estimate of drug-likeness (QED) is 0.0357. The topological polar surface area (TPSA) is 78.9 Å². The molecular formula is C45H86O6. The van der Waals surface area contributed by atoms with Crippen LogP contribution in [0.5, 0.6) is 0 Å². The van der Waals surface area contributed by atoms with Crippen LogP contribution in [-0.2, 0) is 28.6 Å². The van der Waals surface area contributed by atoms with Gasteiger partial charge in [0.2, 0.25) is 0 Å². The van der Waals surface area contributed by atoms with Crippen LogP contribution >= 0.6 is 0 Å². The number of hydrogen-bond acceptors (Lipinski definition) is 6. The molecule has 0 aromatic carbocycles. The van der Waals surface area contributed by atoms with Crippen LogP contribution in [0.15, 0.2) is 0 Å². The third-order valence-corrected chi connectivity index (χ3v) is 10.7. The molecule has 0 amide bonds. The summed E-state index contributed by atoms with van der Waals surface area (Å²) in [6.45, 7) is 11.3. The van der Waals surface area contributed by atoms with Crippen molar-refractivity contribution in [3.8, 4) is 0 Å². The number of carbonyl (C=O) groups is 3. The molecule has 2 unspecified atom stereocenters. The second-order valence-corrected chi connectivity index (χ2v) is 15.8. The predicted molar refractivity (Wildman–Crippen MR) is 215 cm³/mol. The average Bonchev–Trinajstić information content (AvgIpc) is 3.13. The summed E-state index contributed by atoms with van der Waals surface area (Å²) in [6, 6.07) is 0. The van der Waals surface area contributed by atoms with E-state index in [0.717, 1.165) is 69.6 Å². The number of esters is 3. The summed E-state index contributed by atoms with van der Waals surface area (Å²) in [4.78, 5) is 37.6. The van der Waals surface area contributed by atoms with Crippen molar-refractivity contribution in [1.29, 1.82) is 0 Å². The zero-order valence-corrected chi connectivity index (χ0v) is 34.7. The predicted octanol–water partition coefficient (Wildman–Crippen LogP) is 13.8. The maximum absolute atomic E-state index is 12.7. The maximum Gasteiger partial charge on any atom is 0.306 e. The summed E-state index contributed by atoms with van der Waals surface area (Å²) in [5, 5.41) is 0. The van der Waals surface area contributed by atoms with Gasteiger partial charge in [-0.3, -0.25) is 14.4 Å². The first kappa shape index (κ1) is 49.4. The van der Waals surface area contributed by atoms with Crippen LogP contribution in [0, 0.1) is 11.8 Å². The summed E-state index contributed by atoms with van der Waals surface area (Å²) < 4.78 is 16.7. The largest absolute Gasteiger partial charge is 0.462 e. The van der Waals surface area contributed by atoms with Crippen LogP contribution in [0.4, 0.5) is 0 Å². The van der Waals surface area contributed by atoms with Gasteiger partial charge >= 0.3 is 17.9 Å². The summed E-state index contributed by atoms with van der Waals surface area (Å²) in [7, 11) is 0. The van der Waals surface area contributed by atoms with Gasteiger partial charge in [0, 0.05) is 19.3 Å². The van der Waals surface area contributed by atoms with E-state index in [1.807, 2.05) is 0 Å². The van der Waals surface area contributed by atoms with Gasteiger partial charge in [-0.2, -0.15) is 0 Å². The number of carbonyl (C=O) groups excluding carboxylic acids is 3. The van der Waals surface area contributed by atoms with E-state index in [1.165, 1.54) is 128 Å². The Bertz CT molecular complexity index is 783. The Morgan fingerprint density at radius 2 is 0.686 bits per heavy atom. The van der Waals surface area contributed by atoms with Crippen molar-refractivity contribution in [2.75, 3.05) is 13.2 Å². The lowest BCUT2D eigenvalue weighted by molar-refractivity contribution is -0.167. The highest BCUT2D eigenvalue weighted by molar-refractivity contribution is 5.71. The third kappa shape index (κ3) is 36.6. The van der Waals surface area contributed by atoms with Gasteiger partial charge in [0.1, 0.15) is 13.2 Å². The lowest BCUT2D eigenvalue weighted by Gasteiger charge is -2.18. The summed E-state index contributed by atoms with van der Waals surface area (Å²) in [5.74, 6) is 0.848. The van der Waals surface area contributed by atoms with Crippen molar-refractivity contribution in [3.63, 3.8) is 0 Å². The van der Waals surface area contributed by atoms with Crippen LogP contribution in [0.2, 0.25) is 0 Å². The minimum Gasteiger partial charge on any atom is -0.462 e. The molecular weight excluding hydrogens is 636 g/mol. The minimum atomic E-state index is -0.759. The van der Waals surface area contributed by atoms with Gasteiger partial charge in [-0.25, -0.2) is 0 Å². The normalized spacial score (nSPS) is 13.1. The van der Waals surface area contributed by atoms with Crippen LogP contribution in [0.3, 0.4) is 0 Å². The van der Waals surface area contributed by atoms with Crippen molar-refractivity contribution in [2.45, 2.75) is 246 Å². The highest BCUT2D eigenvalue weighted by atomic mass is 16.6. The molecule has 0 aromatic heterocycles. The minimum absolute atomic E-state index is 0.0658. The van der Waals surface area contributed by atoms with Crippen LogP contribution in [0.25, 0.3) is 0 Å². The molecule has 6 heteroatoms. The molecule has 0 aliphatic heterocycles. The van der Waals surface area contributed by atoms with E-state index in [2.05, 4.69) is 34.6 Å². The fourth-order valence-corrected chi connectivity index (χ4v) is 6.51. The zero-order chi connectivity index (χ0) is 37.6. The fraction of sp³-hybridized carbons (Fsp3) is 0.933. The van der Waals surface area contributed by atoms with Gasteiger partial charge in [-0.15, -0.1) is 0 Å². The first-order valence-electron chi connectivity index (χ1n) is 22.3. The van der Waals surface area contributed by atoms with Crippen LogP contribution < -0.4 is 0 Å². The van der Waals surface area contributed by atoms with E-state index < -0.39 is 6.10 Å². The monoisotopic (exact) mass is 723 g/mol. The molecule has 51 heavy (non-hydrogen) atoms. The maximum atomic E-state index is 12.7. The molecule has 0 aliphatic rings. The molecule has 0 fully saturated rings. The van der Waals surface area contributed by atoms with Crippen LogP contribution in [-0.4, -0.2) is 37.2 Å². The van der Waals surface area contributed by atoms with Gasteiger partial charge in [0.05, 0.1) is 0 Å². The van der Waals surface area contributed by atoms with Gasteiger partial charge in [0.25, 0.3) is 0 Å². The summed E-state index contributed by atoms with van der Waals surface area (Å²) >= 11 is 0.